The van der Waals surface area contributed by atoms with Gasteiger partial charge < -0.3 is 14.2 Å². The van der Waals surface area contributed by atoms with Crippen molar-refractivity contribution in [2.45, 2.75) is 19.5 Å². The molecule has 25 heavy (non-hydrogen) atoms. The smallest absolute Gasteiger partial charge is 0.387 e. The lowest BCUT2D eigenvalue weighted by Crippen LogP contribution is -2.06. The first kappa shape index (κ1) is 17.1. The molecule has 0 spiro atoms. The number of esters is 1. The molecule has 1 aliphatic rings. The molecule has 0 bridgehead atoms. The van der Waals surface area contributed by atoms with Crippen molar-refractivity contribution >= 4 is 5.97 Å². The van der Waals surface area contributed by atoms with Crippen LogP contribution in [-0.2, 0) is 4.74 Å². The molecule has 0 unspecified atom stereocenters. The van der Waals surface area contributed by atoms with Crippen LogP contribution in [0.2, 0.25) is 0 Å². The quantitative estimate of drug-likeness (QED) is 0.709. The molecule has 0 saturated heterocycles. The van der Waals surface area contributed by atoms with Crippen molar-refractivity contribution in [1.82, 2.24) is 4.98 Å². The lowest BCUT2D eigenvalue weighted by atomic mass is 10.1. The highest BCUT2D eigenvalue weighted by molar-refractivity contribution is 5.90. The number of hydrogen-bond acceptors (Lipinski definition) is 5. The summed E-state index contributed by atoms with van der Waals surface area (Å²) in [7, 11) is 1.29. The summed E-state index contributed by atoms with van der Waals surface area (Å²) in [4.78, 5) is 15.7. The van der Waals surface area contributed by atoms with Crippen molar-refractivity contribution < 1.29 is 27.8 Å². The Bertz CT molecular complexity index is 762. The van der Waals surface area contributed by atoms with Crippen LogP contribution in [0.15, 0.2) is 36.7 Å². The Morgan fingerprint density at radius 2 is 2.00 bits per heavy atom. The van der Waals surface area contributed by atoms with Crippen molar-refractivity contribution in [3.63, 3.8) is 0 Å². The van der Waals surface area contributed by atoms with E-state index in [1.807, 2.05) is 0 Å². The maximum absolute atomic E-state index is 12.6. The van der Waals surface area contributed by atoms with Gasteiger partial charge in [0, 0.05) is 18.0 Å². The maximum Gasteiger partial charge on any atom is 0.387 e. The summed E-state index contributed by atoms with van der Waals surface area (Å²) >= 11 is 0. The van der Waals surface area contributed by atoms with Crippen LogP contribution in [0.3, 0.4) is 0 Å². The fourth-order valence-corrected chi connectivity index (χ4v) is 2.31. The number of benzene rings is 1. The van der Waals surface area contributed by atoms with Crippen LogP contribution >= 0.6 is 0 Å². The molecule has 1 aromatic carbocycles. The van der Waals surface area contributed by atoms with E-state index >= 15 is 0 Å². The van der Waals surface area contributed by atoms with Crippen molar-refractivity contribution in [2.75, 3.05) is 13.7 Å². The zero-order valence-electron chi connectivity index (χ0n) is 13.6. The number of aromatic nitrogens is 1. The van der Waals surface area contributed by atoms with Gasteiger partial charge in [0.2, 0.25) is 0 Å². The minimum Gasteiger partial charge on any atom is -0.489 e. The average Bonchev–Trinajstić information content (AvgIpc) is 3.44. The molecule has 2 aromatic rings. The predicted molar refractivity (Wildman–Crippen MR) is 85.9 cm³/mol. The number of halogens is 2. The summed E-state index contributed by atoms with van der Waals surface area (Å²) < 4.78 is 40.0. The van der Waals surface area contributed by atoms with Gasteiger partial charge in [0.05, 0.1) is 19.3 Å². The number of carbonyl (C=O) groups excluding carboxylic acids is 1. The topological polar surface area (TPSA) is 57.7 Å². The zero-order valence-corrected chi connectivity index (χ0v) is 13.6. The summed E-state index contributed by atoms with van der Waals surface area (Å²) in [5, 5.41) is 0. The molecule has 132 valence electrons. The van der Waals surface area contributed by atoms with Crippen LogP contribution in [0.4, 0.5) is 8.78 Å². The van der Waals surface area contributed by atoms with Gasteiger partial charge in [0.1, 0.15) is 0 Å². The zero-order chi connectivity index (χ0) is 17.8. The van der Waals surface area contributed by atoms with Crippen molar-refractivity contribution in [1.29, 1.82) is 0 Å². The second-order valence-corrected chi connectivity index (χ2v) is 5.75. The van der Waals surface area contributed by atoms with Gasteiger partial charge in [0.15, 0.2) is 11.5 Å². The molecular formula is C18H17F2NO4. The number of rotatable bonds is 7. The molecule has 0 N–H and O–H groups in total. The van der Waals surface area contributed by atoms with Crippen molar-refractivity contribution in [3.8, 4) is 22.6 Å². The molecule has 1 saturated carbocycles. The third kappa shape index (κ3) is 4.43. The molecule has 7 heteroatoms. The van der Waals surface area contributed by atoms with Gasteiger partial charge in [-0.25, -0.2) is 4.79 Å². The van der Waals surface area contributed by atoms with Gasteiger partial charge in [-0.05, 0) is 42.5 Å². The SMILES string of the molecule is COC(=O)c1cncc(-c2ccc(OC(F)F)c(OCC3CC3)c2)c1. The Hall–Kier alpha value is -2.70. The van der Waals surface area contributed by atoms with Gasteiger partial charge >= 0.3 is 12.6 Å². The van der Waals surface area contributed by atoms with Gasteiger partial charge in [-0.3, -0.25) is 4.98 Å². The van der Waals surface area contributed by atoms with E-state index in [0.29, 0.717) is 29.2 Å². The van der Waals surface area contributed by atoms with Gasteiger partial charge in [-0.15, -0.1) is 0 Å². The number of ether oxygens (including phenoxy) is 3. The van der Waals surface area contributed by atoms with E-state index in [0.717, 1.165) is 12.8 Å². The van der Waals surface area contributed by atoms with Crippen LogP contribution in [0, 0.1) is 5.92 Å². The number of hydrogen-bond donors (Lipinski definition) is 0. The number of alkyl halides is 2. The van der Waals surface area contributed by atoms with Gasteiger partial charge in [-0.1, -0.05) is 6.07 Å². The molecule has 5 nitrogen and oxygen atoms in total. The first-order chi connectivity index (χ1) is 12.1. The minimum atomic E-state index is -2.93. The van der Waals surface area contributed by atoms with E-state index < -0.39 is 12.6 Å². The van der Waals surface area contributed by atoms with Crippen LogP contribution in [-0.4, -0.2) is 31.3 Å². The Balaban J connectivity index is 1.90. The molecule has 0 aliphatic heterocycles. The first-order valence-corrected chi connectivity index (χ1v) is 7.82. The third-order valence-electron chi connectivity index (χ3n) is 3.82. The first-order valence-electron chi connectivity index (χ1n) is 7.82. The summed E-state index contributed by atoms with van der Waals surface area (Å²) in [6.45, 7) is -2.47. The highest BCUT2D eigenvalue weighted by atomic mass is 19.3. The molecule has 0 atom stereocenters. The van der Waals surface area contributed by atoms with Gasteiger partial charge in [-0.2, -0.15) is 8.78 Å². The monoisotopic (exact) mass is 349 g/mol. The molecule has 3 rings (SSSR count). The molecule has 0 radical (unpaired) electrons. The number of methoxy groups -OCH3 is 1. The molecular weight excluding hydrogens is 332 g/mol. The fraction of sp³-hybridized carbons (Fsp3) is 0.333. The summed E-state index contributed by atoms with van der Waals surface area (Å²) in [5.74, 6) is 0.189. The van der Waals surface area contributed by atoms with Crippen molar-refractivity contribution in [3.05, 3.63) is 42.2 Å². The van der Waals surface area contributed by atoms with E-state index in [-0.39, 0.29) is 11.5 Å². The van der Waals surface area contributed by atoms with Crippen molar-refractivity contribution in [2.24, 2.45) is 5.92 Å². The van der Waals surface area contributed by atoms with E-state index in [1.54, 1.807) is 24.4 Å². The van der Waals surface area contributed by atoms with Crippen LogP contribution in [0.5, 0.6) is 11.5 Å². The van der Waals surface area contributed by atoms with E-state index in [9.17, 15) is 13.6 Å². The van der Waals surface area contributed by atoms with Gasteiger partial charge in [0.25, 0.3) is 0 Å². The van der Waals surface area contributed by atoms with E-state index in [2.05, 4.69) is 14.5 Å². The Labute approximate surface area is 143 Å². The lowest BCUT2D eigenvalue weighted by molar-refractivity contribution is -0.0515. The third-order valence-corrected chi connectivity index (χ3v) is 3.82. The number of carbonyl (C=O) groups is 1. The van der Waals surface area contributed by atoms with E-state index in [4.69, 9.17) is 4.74 Å². The Morgan fingerprint density at radius 3 is 2.68 bits per heavy atom. The molecule has 1 heterocycles. The molecule has 0 amide bonds. The molecule has 1 aromatic heterocycles. The van der Waals surface area contributed by atoms with Crippen LogP contribution in [0.1, 0.15) is 23.2 Å². The number of nitrogens with zero attached hydrogens (tertiary/aromatic N) is 1. The molecule has 1 aliphatic carbocycles. The summed E-state index contributed by atoms with van der Waals surface area (Å²) in [6.07, 6.45) is 5.12. The second kappa shape index (κ2) is 7.46. The summed E-state index contributed by atoms with van der Waals surface area (Å²) in [6, 6.07) is 6.26. The largest absolute Gasteiger partial charge is 0.489 e. The second-order valence-electron chi connectivity index (χ2n) is 5.75. The minimum absolute atomic E-state index is 0.0171. The summed E-state index contributed by atoms with van der Waals surface area (Å²) in [5.41, 5.74) is 1.61. The Kier molecular flexibility index (Phi) is 5.11. The van der Waals surface area contributed by atoms with E-state index in [1.165, 1.54) is 19.4 Å². The maximum atomic E-state index is 12.6. The normalized spacial score (nSPS) is 13.6. The predicted octanol–water partition coefficient (Wildman–Crippen LogP) is 3.93. The highest BCUT2D eigenvalue weighted by Crippen LogP contribution is 2.36. The van der Waals surface area contributed by atoms with Crippen LogP contribution < -0.4 is 9.47 Å². The number of pyridine rings is 1. The molecule has 1 fully saturated rings. The average molecular weight is 349 g/mol. The standard InChI is InChI=1S/C18H17F2NO4/c1-23-17(22)14-6-13(8-21-9-14)12-4-5-15(25-18(19)20)16(7-12)24-10-11-2-3-11/h4-9,11,18H,2-3,10H2,1H3. The fourth-order valence-electron chi connectivity index (χ4n) is 2.31. The lowest BCUT2D eigenvalue weighted by Gasteiger charge is -2.14. The Morgan fingerprint density at radius 1 is 1.20 bits per heavy atom. The highest BCUT2D eigenvalue weighted by Gasteiger charge is 2.23. The van der Waals surface area contributed by atoms with Crippen LogP contribution in [0.25, 0.3) is 11.1 Å².